The average molecular weight is 497 g/mol. The van der Waals surface area contributed by atoms with Gasteiger partial charge in [-0.1, -0.05) is 29.8 Å². The number of hydrogen-bond donors (Lipinski definition) is 0. The molecule has 1 aromatic heterocycles. The molecule has 4 aliphatic carbocycles. The van der Waals surface area contributed by atoms with E-state index in [1.165, 1.54) is 51.7 Å². The van der Waals surface area contributed by atoms with Gasteiger partial charge in [0, 0.05) is 4.83 Å². The van der Waals surface area contributed by atoms with E-state index in [1.54, 1.807) is 11.3 Å². The largest absolute Gasteiger partial charge is 0.121 e. The van der Waals surface area contributed by atoms with Gasteiger partial charge in [-0.2, -0.15) is 0 Å². The van der Waals surface area contributed by atoms with Gasteiger partial charge in [0.05, 0.1) is 7.57 Å². The molecule has 116 valence electrons. The highest BCUT2D eigenvalue weighted by atomic mass is 79.9. The van der Waals surface area contributed by atoms with E-state index in [2.05, 4.69) is 67.7 Å². The standard InChI is InChI=1S/C17H21Br3S/c1-15-4-10-5-16(2,7-15)9-17(6-10,8-15)13(19)11-3-12(18)21-14(11)20/h3,10,13H,4-9H2,1-2H3. The Hall–Kier alpha value is 1.14. The number of hydrogen-bond acceptors (Lipinski definition) is 1. The normalized spacial score (nSPS) is 46.0. The van der Waals surface area contributed by atoms with E-state index >= 15 is 0 Å². The molecule has 4 fully saturated rings. The van der Waals surface area contributed by atoms with E-state index < -0.39 is 0 Å². The molecule has 4 bridgehead atoms. The lowest BCUT2D eigenvalue weighted by Gasteiger charge is -2.66. The highest BCUT2D eigenvalue weighted by Crippen LogP contribution is 2.73. The van der Waals surface area contributed by atoms with Gasteiger partial charge in [0.15, 0.2) is 0 Å². The Labute approximate surface area is 156 Å². The average Bonchev–Trinajstić information content (AvgIpc) is 2.62. The molecule has 4 saturated carbocycles. The molecule has 0 aromatic carbocycles. The number of alkyl halides is 1. The van der Waals surface area contributed by atoms with Crippen molar-refractivity contribution in [2.75, 3.05) is 0 Å². The molecule has 21 heavy (non-hydrogen) atoms. The van der Waals surface area contributed by atoms with Gasteiger partial charge in [-0.25, -0.2) is 0 Å². The Morgan fingerprint density at radius 1 is 1.10 bits per heavy atom. The van der Waals surface area contributed by atoms with Gasteiger partial charge in [-0.15, -0.1) is 11.3 Å². The van der Waals surface area contributed by atoms with Crippen LogP contribution in [0.3, 0.4) is 0 Å². The SMILES string of the molecule is CC12CC3CC(C)(C1)CC(C(Br)c1cc(Br)sc1Br)(C3)C2. The monoisotopic (exact) mass is 494 g/mol. The van der Waals surface area contributed by atoms with Crippen molar-refractivity contribution in [2.24, 2.45) is 22.2 Å². The number of thiophene rings is 1. The molecule has 0 spiro atoms. The summed E-state index contributed by atoms with van der Waals surface area (Å²) in [4.78, 5) is 0.490. The predicted molar refractivity (Wildman–Crippen MR) is 101 cm³/mol. The van der Waals surface area contributed by atoms with E-state index in [-0.39, 0.29) is 0 Å². The molecule has 4 heteroatoms. The van der Waals surface area contributed by atoms with Gasteiger partial charge in [-0.05, 0) is 104 Å². The van der Waals surface area contributed by atoms with Crippen LogP contribution in [0.5, 0.6) is 0 Å². The third kappa shape index (κ3) is 2.46. The topological polar surface area (TPSA) is 0 Å². The molecule has 0 amide bonds. The fourth-order valence-corrected chi connectivity index (χ4v) is 10.9. The third-order valence-corrected chi connectivity index (χ3v) is 10.0. The molecule has 0 radical (unpaired) electrons. The Morgan fingerprint density at radius 3 is 2.19 bits per heavy atom. The molecule has 1 aromatic rings. The lowest BCUT2D eigenvalue weighted by molar-refractivity contribution is -0.144. The van der Waals surface area contributed by atoms with Crippen molar-refractivity contribution in [1.82, 2.24) is 0 Å². The number of rotatable bonds is 2. The summed E-state index contributed by atoms with van der Waals surface area (Å²) in [5.74, 6) is 0.956. The predicted octanol–water partition coefficient (Wildman–Crippen LogP) is 7.71. The summed E-state index contributed by atoms with van der Waals surface area (Å²) in [5.41, 5.74) is 3.09. The highest BCUT2D eigenvalue weighted by molar-refractivity contribution is 9.12. The summed E-state index contributed by atoms with van der Waals surface area (Å²) in [6.07, 6.45) is 8.63. The second kappa shape index (κ2) is 4.83. The first-order valence-corrected chi connectivity index (χ1v) is 11.1. The lowest BCUT2D eigenvalue weighted by Crippen LogP contribution is -2.56. The number of halogens is 3. The molecule has 0 saturated heterocycles. The van der Waals surface area contributed by atoms with Crippen molar-refractivity contribution < 1.29 is 0 Å². The minimum atomic E-state index is 0.464. The van der Waals surface area contributed by atoms with Gasteiger partial charge in [0.1, 0.15) is 0 Å². The maximum Gasteiger partial charge on any atom is 0.0754 e. The first kappa shape index (κ1) is 15.7. The van der Waals surface area contributed by atoms with Crippen molar-refractivity contribution in [3.63, 3.8) is 0 Å². The summed E-state index contributed by atoms with van der Waals surface area (Å²) in [6.45, 7) is 5.12. The maximum absolute atomic E-state index is 4.14. The molecule has 5 rings (SSSR count). The van der Waals surface area contributed by atoms with Crippen LogP contribution in [0.4, 0.5) is 0 Å². The van der Waals surface area contributed by atoms with Crippen LogP contribution < -0.4 is 0 Å². The van der Waals surface area contributed by atoms with E-state index in [1.807, 2.05) is 0 Å². The van der Waals surface area contributed by atoms with Gasteiger partial charge in [0.25, 0.3) is 0 Å². The summed E-state index contributed by atoms with van der Waals surface area (Å²) < 4.78 is 2.53. The molecule has 3 atom stereocenters. The molecule has 0 N–H and O–H groups in total. The van der Waals surface area contributed by atoms with Gasteiger partial charge < -0.3 is 0 Å². The zero-order valence-electron chi connectivity index (χ0n) is 12.5. The Kier molecular flexibility index (Phi) is 3.60. The lowest BCUT2D eigenvalue weighted by atomic mass is 9.39. The van der Waals surface area contributed by atoms with E-state index in [4.69, 9.17) is 0 Å². The molecule has 0 aliphatic heterocycles. The second-order valence-electron chi connectivity index (χ2n) is 8.63. The van der Waals surface area contributed by atoms with E-state index in [0.29, 0.717) is 21.1 Å². The molecular formula is C17H21Br3S. The van der Waals surface area contributed by atoms with Crippen LogP contribution in [-0.4, -0.2) is 0 Å². The maximum atomic E-state index is 4.14. The van der Waals surface area contributed by atoms with E-state index in [9.17, 15) is 0 Å². The van der Waals surface area contributed by atoms with Crippen molar-refractivity contribution in [1.29, 1.82) is 0 Å². The Bertz CT molecular complexity index is 575. The highest BCUT2D eigenvalue weighted by Gasteiger charge is 2.62. The van der Waals surface area contributed by atoms with Gasteiger partial charge in [-0.3, -0.25) is 0 Å². The van der Waals surface area contributed by atoms with Gasteiger partial charge >= 0.3 is 0 Å². The van der Waals surface area contributed by atoms with Crippen molar-refractivity contribution >= 4 is 59.1 Å². The van der Waals surface area contributed by atoms with Gasteiger partial charge in [0.2, 0.25) is 0 Å². The van der Waals surface area contributed by atoms with Crippen LogP contribution in [0.25, 0.3) is 0 Å². The molecule has 4 aliphatic rings. The van der Waals surface area contributed by atoms with Crippen molar-refractivity contribution in [3.05, 3.63) is 19.2 Å². The first-order valence-electron chi connectivity index (χ1n) is 7.82. The zero-order valence-corrected chi connectivity index (χ0v) is 18.1. The molecule has 1 heterocycles. The molecule has 0 nitrogen and oxygen atoms in total. The summed E-state index contributed by atoms with van der Waals surface area (Å²) in [6, 6.07) is 2.32. The fourth-order valence-electron chi connectivity index (χ4n) is 6.67. The van der Waals surface area contributed by atoms with Crippen molar-refractivity contribution in [2.45, 2.75) is 57.2 Å². The van der Waals surface area contributed by atoms with Crippen LogP contribution in [0.2, 0.25) is 0 Å². The summed E-state index contributed by atoms with van der Waals surface area (Å²) >= 11 is 13.4. The molecular weight excluding hydrogens is 476 g/mol. The summed E-state index contributed by atoms with van der Waals surface area (Å²) in [5, 5.41) is 0. The minimum absolute atomic E-state index is 0.464. The summed E-state index contributed by atoms with van der Waals surface area (Å²) in [7, 11) is 0. The smallest absolute Gasteiger partial charge is 0.0754 e. The zero-order chi connectivity index (χ0) is 15.0. The minimum Gasteiger partial charge on any atom is -0.121 e. The van der Waals surface area contributed by atoms with Crippen molar-refractivity contribution in [3.8, 4) is 0 Å². The van der Waals surface area contributed by atoms with Crippen LogP contribution in [0.1, 0.15) is 62.8 Å². The van der Waals surface area contributed by atoms with Crippen LogP contribution in [0.15, 0.2) is 13.6 Å². The van der Waals surface area contributed by atoms with Crippen LogP contribution >= 0.6 is 59.1 Å². The Morgan fingerprint density at radius 2 is 1.71 bits per heavy atom. The molecule has 3 unspecified atom stereocenters. The van der Waals surface area contributed by atoms with Crippen LogP contribution in [-0.2, 0) is 0 Å². The van der Waals surface area contributed by atoms with E-state index in [0.717, 1.165) is 5.92 Å². The third-order valence-electron chi connectivity index (χ3n) is 6.16. The quantitative estimate of drug-likeness (QED) is 0.368. The fraction of sp³-hybridized carbons (Fsp3) is 0.765. The first-order chi connectivity index (χ1) is 9.73. The second-order valence-corrected chi connectivity index (χ2v) is 13.3. The van der Waals surface area contributed by atoms with Crippen LogP contribution in [0, 0.1) is 22.2 Å². The Balaban J connectivity index is 1.75.